The van der Waals surface area contributed by atoms with Gasteiger partial charge in [-0.1, -0.05) is 5.16 Å². The van der Waals surface area contributed by atoms with E-state index in [-0.39, 0.29) is 11.9 Å². The normalized spacial score (nSPS) is 12.4. The van der Waals surface area contributed by atoms with E-state index in [1.54, 1.807) is 0 Å². The number of rotatable bonds is 7. The quantitative estimate of drug-likeness (QED) is 0.175. The monoisotopic (exact) mass is 189 g/mol. The molecule has 0 rings (SSSR count). The first-order chi connectivity index (χ1) is 6.16. The number of nitrogens with one attached hydrogen (secondary N) is 1. The smallest absolute Gasteiger partial charge is 0.140 e. The number of oxime groups is 1. The molecule has 5 heteroatoms. The average molecular weight is 189 g/mol. The molecule has 5 nitrogen and oxygen atoms in total. The van der Waals surface area contributed by atoms with Crippen molar-refractivity contribution in [2.24, 2.45) is 10.9 Å². The van der Waals surface area contributed by atoms with Crippen molar-refractivity contribution in [2.75, 3.05) is 19.7 Å². The summed E-state index contributed by atoms with van der Waals surface area (Å²) in [5.74, 6) is 0.247. The summed E-state index contributed by atoms with van der Waals surface area (Å²) in [6.45, 7) is 6.18. The fraction of sp³-hybridized carbons (Fsp3) is 0.875. The maximum absolute atomic E-state index is 8.22. The highest BCUT2D eigenvalue weighted by atomic mass is 16.5. The molecule has 0 radical (unpaired) electrons. The molecule has 0 aromatic heterocycles. The molecule has 0 saturated heterocycles. The van der Waals surface area contributed by atoms with Crippen LogP contribution in [0, 0.1) is 0 Å². The summed E-state index contributed by atoms with van der Waals surface area (Å²) in [7, 11) is 0. The van der Waals surface area contributed by atoms with Crippen molar-refractivity contribution in [3.05, 3.63) is 0 Å². The molecule has 78 valence electrons. The van der Waals surface area contributed by atoms with Crippen molar-refractivity contribution < 1.29 is 9.94 Å². The van der Waals surface area contributed by atoms with Gasteiger partial charge in [-0.25, -0.2) is 0 Å². The lowest BCUT2D eigenvalue weighted by atomic mass is 10.4. The van der Waals surface area contributed by atoms with Crippen LogP contribution in [0.1, 0.15) is 20.3 Å². The summed E-state index contributed by atoms with van der Waals surface area (Å²) in [5.41, 5.74) is 5.26. The summed E-state index contributed by atoms with van der Waals surface area (Å²) in [6, 6.07) is 0. The molecule has 0 aliphatic rings. The number of hydrogen-bond donors (Lipinski definition) is 3. The van der Waals surface area contributed by atoms with Crippen LogP contribution < -0.4 is 11.1 Å². The average Bonchev–Trinajstić information content (AvgIpc) is 2.10. The van der Waals surface area contributed by atoms with Crippen LogP contribution in [0.2, 0.25) is 0 Å². The van der Waals surface area contributed by atoms with Crippen LogP contribution in [0.15, 0.2) is 5.16 Å². The molecule has 0 unspecified atom stereocenters. The maximum atomic E-state index is 8.22. The zero-order valence-corrected chi connectivity index (χ0v) is 8.29. The van der Waals surface area contributed by atoms with Gasteiger partial charge in [0.2, 0.25) is 0 Å². The molecule has 0 aromatic carbocycles. The van der Waals surface area contributed by atoms with Crippen LogP contribution in [0.5, 0.6) is 0 Å². The van der Waals surface area contributed by atoms with Gasteiger partial charge >= 0.3 is 0 Å². The standard InChI is InChI=1S/C8H19N3O2/c1-7(2)13-6-5-10-4-3-8(9)11-12/h7,10,12H,3-6H2,1-2H3,(H2,9,11). The number of ether oxygens (including phenoxy) is 1. The summed E-state index contributed by atoms with van der Waals surface area (Å²) < 4.78 is 5.30. The fourth-order valence-electron chi connectivity index (χ4n) is 0.758. The molecule has 0 aromatic rings. The Bertz CT molecular complexity index is 148. The molecule has 0 spiro atoms. The SMILES string of the molecule is CC(C)OCCNCCC(N)=NO. The largest absolute Gasteiger partial charge is 0.409 e. The molecule has 4 N–H and O–H groups in total. The zero-order valence-electron chi connectivity index (χ0n) is 8.29. The van der Waals surface area contributed by atoms with Crippen molar-refractivity contribution >= 4 is 5.84 Å². The first-order valence-electron chi connectivity index (χ1n) is 4.45. The molecule has 0 aliphatic carbocycles. The van der Waals surface area contributed by atoms with E-state index in [1.165, 1.54) is 0 Å². The van der Waals surface area contributed by atoms with Gasteiger partial charge in [0.25, 0.3) is 0 Å². The Kier molecular flexibility index (Phi) is 7.33. The molecular formula is C8H19N3O2. The van der Waals surface area contributed by atoms with Gasteiger partial charge in [-0.3, -0.25) is 0 Å². The van der Waals surface area contributed by atoms with Gasteiger partial charge in [-0.15, -0.1) is 0 Å². The van der Waals surface area contributed by atoms with Crippen molar-refractivity contribution in [2.45, 2.75) is 26.4 Å². The minimum Gasteiger partial charge on any atom is -0.409 e. The molecule has 0 atom stereocenters. The first-order valence-corrected chi connectivity index (χ1v) is 4.45. The third-order valence-corrected chi connectivity index (χ3v) is 1.42. The van der Waals surface area contributed by atoms with Crippen LogP contribution >= 0.6 is 0 Å². The Balaban J connectivity index is 3.09. The van der Waals surface area contributed by atoms with E-state index < -0.39 is 0 Å². The van der Waals surface area contributed by atoms with Gasteiger partial charge in [0, 0.05) is 19.5 Å². The van der Waals surface area contributed by atoms with Crippen LogP contribution in [0.4, 0.5) is 0 Å². The fourth-order valence-corrected chi connectivity index (χ4v) is 0.758. The van der Waals surface area contributed by atoms with Crippen LogP contribution in [-0.2, 0) is 4.74 Å². The predicted molar refractivity (Wildman–Crippen MR) is 52.0 cm³/mol. The Morgan fingerprint density at radius 2 is 2.23 bits per heavy atom. The summed E-state index contributed by atoms with van der Waals surface area (Å²) in [4.78, 5) is 0. The van der Waals surface area contributed by atoms with E-state index in [2.05, 4.69) is 10.5 Å². The second-order valence-electron chi connectivity index (χ2n) is 3.01. The lowest BCUT2D eigenvalue weighted by molar-refractivity contribution is 0.0810. The van der Waals surface area contributed by atoms with E-state index in [0.29, 0.717) is 19.6 Å². The van der Waals surface area contributed by atoms with Crippen molar-refractivity contribution in [3.8, 4) is 0 Å². The Morgan fingerprint density at radius 3 is 2.77 bits per heavy atom. The van der Waals surface area contributed by atoms with E-state index in [1.807, 2.05) is 13.8 Å². The van der Waals surface area contributed by atoms with Gasteiger partial charge < -0.3 is 21.0 Å². The molecule has 0 saturated carbocycles. The minimum absolute atomic E-state index is 0.247. The van der Waals surface area contributed by atoms with Crippen molar-refractivity contribution in [1.29, 1.82) is 0 Å². The highest BCUT2D eigenvalue weighted by Crippen LogP contribution is 1.85. The predicted octanol–water partition coefficient (Wildman–Crippen LogP) is 0.138. The number of nitrogens with zero attached hydrogens (tertiary/aromatic N) is 1. The van der Waals surface area contributed by atoms with Gasteiger partial charge in [0.05, 0.1) is 12.7 Å². The Hall–Kier alpha value is -0.810. The maximum Gasteiger partial charge on any atom is 0.140 e. The second-order valence-corrected chi connectivity index (χ2v) is 3.01. The van der Waals surface area contributed by atoms with Gasteiger partial charge in [0.15, 0.2) is 0 Å². The minimum atomic E-state index is 0.247. The summed E-state index contributed by atoms with van der Waals surface area (Å²) in [5, 5.41) is 14.2. The lowest BCUT2D eigenvalue weighted by Gasteiger charge is -2.07. The van der Waals surface area contributed by atoms with Crippen LogP contribution in [0.25, 0.3) is 0 Å². The zero-order chi connectivity index (χ0) is 10.1. The van der Waals surface area contributed by atoms with Crippen molar-refractivity contribution in [1.82, 2.24) is 5.32 Å². The number of amidine groups is 1. The van der Waals surface area contributed by atoms with E-state index in [9.17, 15) is 0 Å². The van der Waals surface area contributed by atoms with Crippen molar-refractivity contribution in [3.63, 3.8) is 0 Å². The highest BCUT2D eigenvalue weighted by molar-refractivity contribution is 5.79. The van der Waals surface area contributed by atoms with Crippen LogP contribution in [-0.4, -0.2) is 36.8 Å². The highest BCUT2D eigenvalue weighted by Gasteiger charge is 1.94. The topological polar surface area (TPSA) is 79.9 Å². The van der Waals surface area contributed by atoms with Gasteiger partial charge in [0.1, 0.15) is 5.84 Å². The first kappa shape index (κ1) is 12.2. The van der Waals surface area contributed by atoms with E-state index in [0.717, 1.165) is 6.54 Å². The second kappa shape index (κ2) is 7.82. The summed E-state index contributed by atoms with van der Waals surface area (Å²) in [6.07, 6.45) is 0.823. The summed E-state index contributed by atoms with van der Waals surface area (Å²) >= 11 is 0. The number of hydrogen-bond acceptors (Lipinski definition) is 4. The van der Waals surface area contributed by atoms with E-state index >= 15 is 0 Å². The lowest BCUT2D eigenvalue weighted by Crippen LogP contribution is -2.26. The molecule has 0 heterocycles. The molecule has 13 heavy (non-hydrogen) atoms. The molecule has 0 amide bonds. The Labute approximate surface area is 78.9 Å². The van der Waals surface area contributed by atoms with Gasteiger partial charge in [-0.2, -0.15) is 0 Å². The third kappa shape index (κ3) is 9.10. The molecular weight excluding hydrogens is 170 g/mol. The van der Waals surface area contributed by atoms with Gasteiger partial charge in [-0.05, 0) is 13.8 Å². The number of nitrogens with two attached hydrogens (primary N) is 1. The van der Waals surface area contributed by atoms with E-state index in [4.69, 9.17) is 15.7 Å². The van der Waals surface area contributed by atoms with Crippen LogP contribution in [0.3, 0.4) is 0 Å². The molecule has 0 bridgehead atoms. The Morgan fingerprint density at radius 1 is 1.54 bits per heavy atom. The molecule has 0 fully saturated rings. The molecule has 0 aliphatic heterocycles. The third-order valence-electron chi connectivity index (χ3n) is 1.42.